The fourth-order valence-electron chi connectivity index (χ4n) is 4.67. The molecule has 37 heavy (non-hydrogen) atoms. The summed E-state index contributed by atoms with van der Waals surface area (Å²) in [4.78, 5) is 12.8. The van der Waals surface area contributed by atoms with Gasteiger partial charge in [0.15, 0.2) is 5.82 Å². The van der Waals surface area contributed by atoms with E-state index in [2.05, 4.69) is 25.4 Å². The van der Waals surface area contributed by atoms with Crippen molar-refractivity contribution in [2.24, 2.45) is 0 Å². The van der Waals surface area contributed by atoms with E-state index in [9.17, 15) is 10.2 Å². The quantitative estimate of drug-likeness (QED) is 0.273. The van der Waals surface area contributed by atoms with Crippen molar-refractivity contribution in [2.75, 3.05) is 24.7 Å². The van der Waals surface area contributed by atoms with Gasteiger partial charge in [-0.2, -0.15) is 5.10 Å². The minimum absolute atomic E-state index is 0.0296. The molecule has 188 valence electrons. The zero-order chi connectivity index (χ0) is 25.5. The topological polar surface area (TPSA) is 153 Å². The molecular weight excluding hydrogens is 474 g/mol. The van der Waals surface area contributed by atoms with Gasteiger partial charge in [0.05, 0.1) is 11.2 Å². The van der Waals surface area contributed by atoms with E-state index in [4.69, 9.17) is 15.2 Å². The Labute approximate surface area is 211 Å². The molecule has 5 aromatic rings. The van der Waals surface area contributed by atoms with E-state index in [-0.39, 0.29) is 12.4 Å². The fourth-order valence-corrected chi connectivity index (χ4v) is 4.67. The minimum Gasteiger partial charge on any atom is -0.491 e. The summed E-state index contributed by atoms with van der Waals surface area (Å²) in [6, 6.07) is 15.0. The van der Waals surface area contributed by atoms with Crippen LogP contribution < -0.4 is 15.8 Å². The number of anilines is 2. The summed E-state index contributed by atoms with van der Waals surface area (Å²) in [6.45, 7) is 0.0296. The molecule has 11 heteroatoms. The number of hydrogen-bond acceptors (Lipinski definition) is 10. The highest BCUT2D eigenvalue weighted by molar-refractivity contribution is 5.88. The number of aliphatic hydroxyl groups is 2. The van der Waals surface area contributed by atoms with Crippen LogP contribution in [0.4, 0.5) is 11.6 Å². The van der Waals surface area contributed by atoms with E-state index in [0.29, 0.717) is 17.0 Å². The van der Waals surface area contributed by atoms with Gasteiger partial charge in [0, 0.05) is 42.0 Å². The number of aliphatic hydroxyl groups excluding tert-OH is 2. The molecule has 1 saturated heterocycles. The Morgan fingerprint density at radius 3 is 2.81 bits per heavy atom. The summed E-state index contributed by atoms with van der Waals surface area (Å²) in [5, 5.41) is 30.1. The molecule has 0 saturated carbocycles. The van der Waals surface area contributed by atoms with E-state index in [1.54, 1.807) is 16.9 Å². The lowest BCUT2D eigenvalue weighted by Gasteiger charge is -2.16. The van der Waals surface area contributed by atoms with Gasteiger partial charge in [-0.1, -0.05) is 6.07 Å². The maximum absolute atomic E-state index is 10.9. The summed E-state index contributed by atoms with van der Waals surface area (Å²) < 4.78 is 13.7. The van der Waals surface area contributed by atoms with E-state index in [1.807, 2.05) is 55.6 Å². The monoisotopic (exact) mass is 499 g/mol. The van der Waals surface area contributed by atoms with E-state index in [1.165, 1.54) is 6.33 Å². The van der Waals surface area contributed by atoms with Gasteiger partial charge in [-0.25, -0.2) is 14.5 Å². The van der Waals surface area contributed by atoms with Crippen LogP contribution in [0.15, 0.2) is 67.3 Å². The number of benzene rings is 1. The van der Waals surface area contributed by atoms with Crippen LogP contribution in [0, 0.1) is 0 Å². The molecule has 0 unspecified atom stereocenters. The highest BCUT2D eigenvalue weighted by Gasteiger charge is 2.45. The Morgan fingerprint density at radius 2 is 2.00 bits per heavy atom. The molecule has 6 rings (SSSR count). The van der Waals surface area contributed by atoms with Gasteiger partial charge in [-0.3, -0.25) is 4.98 Å². The number of fused-ring (bicyclic) bond motifs is 2. The third kappa shape index (κ3) is 4.08. The Kier molecular flexibility index (Phi) is 5.80. The molecule has 1 aliphatic heterocycles. The summed E-state index contributed by atoms with van der Waals surface area (Å²) in [7, 11) is 1.81. The average Bonchev–Trinajstić information content (AvgIpc) is 3.45. The first kappa shape index (κ1) is 23.1. The van der Waals surface area contributed by atoms with Crippen molar-refractivity contribution in [1.82, 2.24) is 24.6 Å². The molecule has 5 heterocycles. The molecule has 1 aliphatic rings. The lowest BCUT2D eigenvalue weighted by molar-refractivity contribution is -0.0187. The van der Waals surface area contributed by atoms with E-state index < -0.39 is 24.4 Å². The molecule has 5 N–H and O–H groups in total. The number of ether oxygens (including phenoxy) is 2. The van der Waals surface area contributed by atoms with Crippen LogP contribution >= 0.6 is 0 Å². The van der Waals surface area contributed by atoms with Crippen molar-refractivity contribution < 1.29 is 19.7 Å². The van der Waals surface area contributed by atoms with Crippen LogP contribution in [-0.2, 0) is 4.74 Å². The number of nitrogens with zero attached hydrogens (tertiary/aromatic N) is 5. The minimum atomic E-state index is -1.21. The maximum atomic E-state index is 10.9. The first-order chi connectivity index (χ1) is 18.0. The van der Waals surface area contributed by atoms with Crippen molar-refractivity contribution in [1.29, 1.82) is 0 Å². The second-order valence-electron chi connectivity index (χ2n) is 8.82. The van der Waals surface area contributed by atoms with E-state index in [0.717, 1.165) is 27.8 Å². The molecule has 4 aromatic heterocycles. The summed E-state index contributed by atoms with van der Waals surface area (Å²) in [5.41, 5.74) is 9.63. The SMILES string of the molecule is CNc1ccc2ccc(OC[C@H]3O[C@@H](c4cc(-c5cccnc5)c5c(N)ncnn45)[C@H](O)[C@@H]3O)cc2n1. The Hall–Kier alpha value is -4.32. The van der Waals surface area contributed by atoms with Gasteiger partial charge >= 0.3 is 0 Å². The molecule has 1 aromatic carbocycles. The molecule has 0 radical (unpaired) electrons. The number of nitrogen functional groups attached to an aromatic ring is 1. The third-order valence-corrected chi connectivity index (χ3v) is 6.57. The first-order valence-corrected chi connectivity index (χ1v) is 11.8. The molecule has 1 fully saturated rings. The highest BCUT2D eigenvalue weighted by atomic mass is 16.6. The highest BCUT2D eigenvalue weighted by Crippen LogP contribution is 2.39. The van der Waals surface area contributed by atoms with Crippen molar-refractivity contribution >= 4 is 28.1 Å². The van der Waals surface area contributed by atoms with Crippen LogP contribution in [0.3, 0.4) is 0 Å². The van der Waals surface area contributed by atoms with Crippen LogP contribution in [0.25, 0.3) is 27.5 Å². The molecule has 0 aliphatic carbocycles. The lowest BCUT2D eigenvalue weighted by Crippen LogP contribution is -2.34. The van der Waals surface area contributed by atoms with Crippen molar-refractivity contribution in [3.63, 3.8) is 0 Å². The number of hydrogen-bond donors (Lipinski definition) is 4. The van der Waals surface area contributed by atoms with Crippen LogP contribution in [-0.4, -0.2) is 66.7 Å². The van der Waals surface area contributed by atoms with Crippen molar-refractivity contribution in [3.8, 4) is 16.9 Å². The zero-order valence-electron chi connectivity index (χ0n) is 19.9. The number of aromatic nitrogens is 5. The number of rotatable bonds is 6. The van der Waals surface area contributed by atoms with Gasteiger partial charge in [0.25, 0.3) is 0 Å². The van der Waals surface area contributed by atoms with Crippen LogP contribution in [0.2, 0.25) is 0 Å². The predicted molar refractivity (Wildman–Crippen MR) is 137 cm³/mol. The molecule has 11 nitrogen and oxygen atoms in total. The first-order valence-electron chi connectivity index (χ1n) is 11.8. The predicted octanol–water partition coefficient (Wildman–Crippen LogP) is 2.20. The van der Waals surface area contributed by atoms with Crippen LogP contribution in [0.1, 0.15) is 11.8 Å². The van der Waals surface area contributed by atoms with Gasteiger partial charge < -0.3 is 30.7 Å². The van der Waals surface area contributed by atoms with Gasteiger partial charge in [0.1, 0.15) is 54.4 Å². The summed E-state index contributed by atoms with van der Waals surface area (Å²) in [5.74, 6) is 1.61. The average molecular weight is 500 g/mol. The molecule has 4 atom stereocenters. The summed E-state index contributed by atoms with van der Waals surface area (Å²) >= 11 is 0. The largest absolute Gasteiger partial charge is 0.491 e. The second kappa shape index (κ2) is 9.28. The number of nitrogens with two attached hydrogens (primary N) is 1. The third-order valence-electron chi connectivity index (χ3n) is 6.57. The summed E-state index contributed by atoms with van der Waals surface area (Å²) in [6.07, 6.45) is 0.697. The van der Waals surface area contributed by atoms with E-state index >= 15 is 0 Å². The Bertz CT molecular complexity index is 1580. The Morgan fingerprint density at radius 1 is 1.14 bits per heavy atom. The van der Waals surface area contributed by atoms with Gasteiger partial charge in [-0.05, 0) is 36.4 Å². The normalized spacial score (nSPS) is 21.5. The van der Waals surface area contributed by atoms with Crippen molar-refractivity contribution in [3.05, 3.63) is 72.9 Å². The zero-order valence-corrected chi connectivity index (χ0v) is 19.9. The molecule has 0 bridgehead atoms. The maximum Gasteiger partial charge on any atom is 0.151 e. The smallest absolute Gasteiger partial charge is 0.151 e. The standard InChI is InChI=1S/C26H25N7O4/c1-28-21-7-5-14-4-6-16(9-18(14)32-21)36-12-20-23(34)24(35)25(37-20)19-10-17(15-3-2-8-29-11-15)22-26(27)30-13-31-33(19)22/h2-11,13,20,23-25,34-35H,12H2,1H3,(H,28,32)(H2,27,30,31)/t20-,23-,24-,25+/m1/s1. The lowest BCUT2D eigenvalue weighted by atomic mass is 10.0. The number of pyridine rings is 2. The van der Waals surface area contributed by atoms with Crippen LogP contribution in [0.5, 0.6) is 5.75 Å². The second-order valence-corrected chi connectivity index (χ2v) is 8.82. The Balaban J connectivity index is 1.27. The molecule has 0 spiro atoms. The number of nitrogens with one attached hydrogen (secondary N) is 1. The molecule has 0 amide bonds. The molecular formula is C26H25N7O4. The van der Waals surface area contributed by atoms with Gasteiger partial charge in [-0.15, -0.1) is 0 Å². The van der Waals surface area contributed by atoms with Crippen molar-refractivity contribution in [2.45, 2.75) is 24.4 Å². The van der Waals surface area contributed by atoms with Gasteiger partial charge in [0.2, 0.25) is 0 Å². The fraction of sp³-hybridized carbons (Fsp3) is 0.231.